The van der Waals surface area contributed by atoms with E-state index in [0.717, 1.165) is 23.0 Å². The molecule has 1 aliphatic rings. The number of para-hydroxylation sites is 1. The van der Waals surface area contributed by atoms with Gasteiger partial charge < -0.3 is 4.57 Å². The zero-order chi connectivity index (χ0) is 24.9. The van der Waals surface area contributed by atoms with Crippen molar-refractivity contribution in [2.24, 2.45) is 0 Å². The molecule has 0 N–H and O–H groups in total. The Kier molecular flexibility index (Phi) is 4.93. The molecule has 0 saturated heterocycles. The van der Waals surface area contributed by atoms with E-state index in [4.69, 9.17) is 0 Å². The van der Waals surface area contributed by atoms with Crippen molar-refractivity contribution < 1.29 is 0 Å². The SMILES string of the molecule is C=C1CC=Cc2c1c1ccccc1n2-c1ccc(-c2cc3ncccc3cc2-c2ccc(C)cc2)cc1. The van der Waals surface area contributed by atoms with Crippen molar-refractivity contribution in [2.75, 3.05) is 0 Å². The van der Waals surface area contributed by atoms with Gasteiger partial charge in [-0.3, -0.25) is 4.98 Å². The molecule has 0 radical (unpaired) electrons. The Morgan fingerprint density at radius 1 is 0.784 bits per heavy atom. The number of fused-ring (bicyclic) bond motifs is 4. The van der Waals surface area contributed by atoms with Gasteiger partial charge in [0, 0.05) is 28.2 Å². The van der Waals surface area contributed by atoms with Gasteiger partial charge in [0.25, 0.3) is 0 Å². The van der Waals surface area contributed by atoms with Gasteiger partial charge in [0.15, 0.2) is 0 Å². The molecule has 0 saturated carbocycles. The summed E-state index contributed by atoms with van der Waals surface area (Å²) in [5.74, 6) is 0. The minimum absolute atomic E-state index is 0.901. The van der Waals surface area contributed by atoms with Crippen molar-refractivity contribution in [3.63, 3.8) is 0 Å². The van der Waals surface area contributed by atoms with E-state index in [2.05, 4.69) is 126 Å². The van der Waals surface area contributed by atoms with Gasteiger partial charge in [0.05, 0.1) is 16.7 Å². The van der Waals surface area contributed by atoms with Crippen molar-refractivity contribution in [3.05, 3.63) is 133 Å². The summed E-state index contributed by atoms with van der Waals surface area (Å²) in [6.45, 7) is 6.49. The van der Waals surface area contributed by atoms with Crippen LogP contribution in [0.15, 0.2) is 116 Å². The van der Waals surface area contributed by atoms with Crippen molar-refractivity contribution in [3.8, 4) is 27.9 Å². The first-order valence-corrected chi connectivity index (χ1v) is 12.7. The van der Waals surface area contributed by atoms with E-state index in [1.807, 2.05) is 12.3 Å². The minimum Gasteiger partial charge on any atom is -0.309 e. The highest BCUT2D eigenvalue weighted by Gasteiger charge is 2.20. The number of aryl methyl sites for hydroxylation is 1. The molecule has 0 unspecified atom stereocenters. The molecule has 7 rings (SSSR count). The molecule has 0 fully saturated rings. The van der Waals surface area contributed by atoms with E-state index in [1.165, 1.54) is 55.6 Å². The van der Waals surface area contributed by atoms with Crippen LogP contribution in [0.1, 0.15) is 23.2 Å². The van der Waals surface area contributed by atoms with Crippen LogP contribution in [-0.2, 0) is 0 Å². The lowest BCUT2D eigenvalue weighted by Crippen LogP contribution is -1.99. The molecule has 0 spiro atoms. The first-order chi connectivity index (χ1) is 18.2. The largest absolute Gasteiger partial charge is 0.309 e. The standard InChI is InChI=1S/C35H26N2/c1-23-12-14-25(15-13-23)30-21-27-8-6-20-36-32(27)22-31(30)26-16-18-28(19-17-26)37-33-10-4-3-9-29(33)35-24(2)7-5-11-34(35)37/h3-6,8-22H,2,7H2,1H3. The van der Waals surface area contributed by atoms with Crippen LogP contribution >= 0.6 is 0 Å². The van der Waals surface area contributed by atoms with Crippen LogP contribution in [0.5, 0.6) is 0 Å². The van der Waals surface area contributed by atoms with Crippen LogP contribution in [-0.4, -0.2) is 9.55 Å². The van der Waals surface area contributed by atoms with Gasteiger partial charge in [-0.25, -0.2) is 0 Å². The van der Waals surface area contributed by atoms with Crippen molar-refractivity contribution in [1.82, 2.24) is 9.55 Å². The summed E-state index contributed by atoms with van der Waals surface area (Å²) in [5, 5.41) is 2.41. The molecular formula is C35H26N2. The van der Waals surface area contributed by atoms with E-state index in [1.54, 1.807) is 0 Å². The van der Waals surface area contributed by atoms with Crippen LogP contribution in [0.3, 0.4) is 0 Å². The monoisotopic (exact) mass is 474 g/mol. The zero-order valence-electron chi connectivity index (χ0n) is 20.8. The highest BCUT2D eigenvalue weighted by Crippen LogP contribution is 2.40. The van der Waals surface area contributed by atoms with Gasteiger partial charge in [-0.2, -0.15) is 0 Å². The van der Waals surface area contributed by atoms with Crippen molar-refractivity contribution >= 4 is 33.5 Å². The highest BCUT2D eigenvalue weighted by atomic mass is 15.0. The average Bonchev–Trinajstić information content (AvgIpc) is 3.28. The molecule has 0 bridgehead atoms. The Bertz CT molecular complexity index is 1850. The Labute approximate surface area is 216 Å². The van der Waals surface area contributed by atoms with Crippen LogP contribution in [0.4, 0.5) is 0 Å². The van der Waals surface area contributed by atoms with E-state index < -0.39 is 0 Å². The summed E-state index contributed by atoms with van der Waals surface area (Å²) in [5.41, 5.74) is 13.1. The summed E-state index contributed by atoms with van der Waals surface area (Å²) >= 11 is 0. The molecule has 6 aromatic rings. The molecule has 2 aromatic heterocycles. The molecule has 2 heteroatoms. The zero-order valence-corrected chi connectivity index (χ0v) is 20.8. The van der Waals surface area contributed by atoms with Crippen LogP contribution in [0.2, 0.25) is 0 Å². The number of allylic oxidation sites excluding steroid dienone is 2. The highest BCUT2D eigenvalue weighted by molar-refractivity contribution is 6.00. The third-order valence-electron chi connectivity index (χ3n) is 7.45. The Hall–Kier alpha value is -4.69. The Morgan fingerprint density at radius 3 is 2.32 bits per heavy atom. The van der Waals surface area contributed by atoms with Crippen molar-refractivity contribution in [2.45, 2.75) is 13.3 Å². The van der Waals surface area contributed by atoms with Gasteiger partial charge in [-0.1, -0.05) is 78.9 Å². The van der Waals surface area contributed by atoms with E-state index in [9.17, 15) is 0 Å². The summed E-state index contributed by atoms with van der Waals surface area (Å²) in [6.07, 6.45) is 7.22. The normalized spacial score (nSPS) is 12.8. The summed E-state index contributed by atoms with van der Waals surface area (Å²) in [7, 11) is 0. The van der Waals surface area contributed by atoms with E-state index in [-0.39, 0.29) is 0 Å². The fourth-order valence-electron chi connectivity index (χ4n) is 5.60. The molecule has 37 heavy (non-hydrogen) atoms. The second kappa shape index (κ2) is 8.46. The lowest BCUT2D eigenvalue weighted by atomic mass is 9.92. The minimum atomic E-state index is 0.901. The molecule has 176 valence electrons. The van der Waals surface area contributed by atoms with E-state index in [0.29, 0.717) is 0 Å². The number of hydrogen-bond acceptors (Lipinski definition) is 1. The molecule has 1 aliphatic carbocycles. The summed E-state index contributed by atoms with van der Waals surface area (Å²) in [6, 6.07) is 35.0. The summed E-state index contributed by atoms with van der Waals surface area (Å²) in [4.78, 5) is 4.64. The first kappa shape index (κ1) is 21.6. The quantitative estimate of drug-likeness (QED) is 0.250. The lowest BCUT2D eigenvalue weighted by molar-refractivity contribution is 1.10. The third kappa shape index (κ3) is 3.53. The topological polar surface area (TPSA) is 17.8 Å². The molecule has 0 atom stereocenters. The fourth-order valence-corrected chi connectivity index (χ4v) is 5.60. The van der Waals surface area contributed by atoms with Crippen LogP contribution in [0, 0.1) is 6.92 Å². The number of rotatable bonds is 3. The lowest BCUT2D eigenvalue weighted by Gasteiger charge is -2.15. The first-order valence-electron chi connectivity index (χ1n) is 12.7. The number of nitrogens with zero attached hydrogens (tertiary/aromatic N) is 2. The Morgan fingerprint density at radius 2 is 1.51 bits per heavy atom. The maximum absolute atomic E-state index is 4.64. The van der Waals surface area contributed by atoms with Crippen molar-refractivity contribution in [1.29, 1.82) is 0 Å². The fraction of sp³-hybridized carbons (Fsp3) is 0.0571. The average molecular weight is 475 g/mol. The second-order valence-corrected chi connectivity index (χ2v) is 9.83. The van der Waals surface area contributed by atoms with Gasteiger partial charge in [-0.15, -0.1) is 0 Å². The second-order valence-electron chi connectivity index (χ2n) is 9.83. The predicted octanol–water partition coefficient (Wildman–Crippen LogP) is 9.25. The molecule has 4 aromatic carbocycles. The van der Waals surface area contributed by atoms with Gasteiger partial charge >= 0.3 is 0 Å². The van der Waals surface area contributed by atoms with Crippen LogP contribution in [0.25, 0.3) is 61.4 Å². The van der Waals surface area contributed by atoms with Crippen LogP contribution < -0.4 is 0 Å². The van der Waals surface area contributed by atoms with Gasteiger partial charge in [0.2, 0.25) is 0 Å². The molecule has 0 aliphatic heterocycles. The van der Waals surface area contributed by atoms with Gasteiger partial charge in [0.1, 0.15) is 0 Å². The van der Waals surface area contributed by atoms with Gasteiger partial charge in [-0.05, 0) is 83.6 Å². The predicted molar refractivity (Wildman–Crippen MR) is 157 cm³/mol. The molecule has 2 heterocycles. The number of benzene rings is 4. The molecule has 0 amide bonds. The maximum atomic E-state index is 4.64. The molecular weight excluding hydrogens is 448 g/mol. The summed E-state index contributed by atoms with van der Waals surface area (Å²) < 4.78 is 2.36. The van der Waals surface area contributed by atoms with E-state index >= 15 is 0 Å². The third-order valence-corrected chi connectivity index (χ3v) is 7.45. The molecule has 2 nitrogen and oxygen atoms in total. The number of hydrogen-bond donors (Lipinski definition) is 0. The maximum Gasteiger partial charge on any atom is 0.0708 e. The Balaban J connectivity index is 1.40. The smallest absolute Gasteiger partial charge is 0.0708 e. The number of pyridine rings is 1. The number of aromatic nitrogens is 2.